The molecule has 0 atom stereocenters. The highest BCUT2D eigenvalue weighted by Gasteiger charge is 2.25. The molecule has 1 N–H and O–H groups in total. The third-order valence-electron chi connectivity index (χ3n) is 4.59. The number of hydrogen-bond acceptors (Lipinski definition) is 7. The van der Waals surface area contributed by atoms with Gasteiger partial charge in [-0.3, -0.25) is 4.79 Å². The predicted molar refractivity (Wildman–Crippen MR) is 103 cm³/mol. The van der Waals surface area contributed by atoms with Crippen molar-refractivity contribution in [2.45, 2.75) is 26.7 Å². The highest BCUT2D eigenvalue weighted by atomic mass is 16.7. The van der Waals surface area contributed by atoms with Gasteiger partial charge in [-0.25, -0.2) is 4.68 Å². The second-order valence-corrected chi connectivity index (χ2v) is 6.43. The minimum atomic E-state index is -0.415. The summed E-state index contributed by atoms with van der Waals surface area (Å²) in [4.78, 5) is 16.6. The van der Waals surface area contributed by atoms with Gasteiger partial charge in [-0.05, 0) is 26.0 Å². The van der Waals surface area contributed by atoms with Crippen molar-refractivity contribution >= 4 is 11.6 Å². The van der Waals surface area contributed by atoms with E-state index in [1.165, 1.54) is 0 Å². The number of hydrogen-bond donors (Lipinski definition) is 1. The fourth-order valence-electron chi connectivity index (χ4n) is 3.21. The topological polar surface area (TPSA) is 93.0 Å². The van der Waals surface area contributed by atoms with Crippen LogP contribution in [0.5, 0.6) is 5.75 Å². The summed E-state index contributed by atoms with van der Waals surface area (Å²) < 4.78 is 12.6. The van der Waals surface area contributed by atoms with Crippen molar-refractivity contribution in [2.75, 3.05) is 44.3 Å². The summed E-state index contributed by atoms with van der Waals surface area (Å²) in [7, 11) is 0. The highest BCUT2D eigenvalue weighted by Crippen LogP contribution is 2.27. The molecule has 1 aromatic heterocycles. The molecule has 0 unspecified atom stereocenters. The van der Waals surface area contributed by atoms with Crippen LogP contribution in [-0.4, -0.2) is 76.6 Å². The first-order valence-electron chi connectivity index (χ1n) is 9.58. The first-order valence-corrected chi connectivity index (χ1v) is 9.58. The molecule has 1 aromatic carbocycles. The van der Waals surface area contributed by atoms with Crippen LogP contribution in [0.1, 0.15) is 24.3 Å². The van der Waals surface area contributed by atoms with Crippen molar-refractivity contribution < 1.29 is 19.4 Å². The molecule has 152 valence electrons. The van der Waals surface area contributed by atoms with Gasteiger partial charge < -0.3 is 24.4 Å². The molecule has 1 aliphatic heterocycles. The lowest BCUT2D eigenvalue weighted by molar-refractivity contribution is -0.145. The number of carbonyl (C=O) groups excluding carboxylic acids is 1. The van der Waals surface area contributed by atoms with Crippen molar-refractivity contribution in [3.05, 3.63) is 36.2 Å². The van der Waals surface area contributed by atoms with E-state index in [9.17, 15) is 9.90 Å². The third kappa shape index (κ3) is 4.79. The number of anilines is 1. The van der Waals surface area contributed by atoms with Crippen molar-refractivity contribution in [1.29, 1.82) is 0 Å². The number of carbonyl (C=O) groups is 1. The number of aromatic nitrogens is 3. The van der Waals surface area contributed by atoms with Gasteiger partial charge in [0.2, 0.25) is 0 Å². The van der Waals surface area contributed by atoms with Gasteiger partial charge in [0.1, 0.15) is 5.75 Å². The van der Waals surface area contributed by atoms with Crippen LogP contribution in [0.25, 0.3) is 0 Å². The van der Waals surface area contributed by atoms with Crippen LogP contribution in [-0.2, 0) is 16.0 Å². The van der Waals surface area contributed by atoms with Crippen molar-refractivity contribution in [2.24, 2.45) is 0 Å². The standard InChI is InChI=1S/C19H27N5O4/c1-3-27-18(28-4-2)14-24-13-15(20-21-24)19(26)23-11-9-22(10-12-23)16-7-5-6-8-17(16)25/h5-8,13,18,25H,3-4,9-12,14H2,1-2H3. The van der Waals surface area contributed by atoms with E-state index in [4.69, 9.17) is 9.47 Å². The number of piperazine rings is 1. The maximum atomic E-state index is 12.7. The zero-order valence-corrected chi connectivity index (χ0v) is 16.3. The predicted octanol–water partition coefficient (Wildman–Crippen LogP) is 1.35. The second-order valence-electron chi connectivity index (χ2n) is 6.43. The molecule has 0 aliphatic carbocycles. The molecule has 1 aliphatic rings. The summed E-state index contributed by atoms with van der Waals surface area (Å²) in [5, 5.41) is 18.0. The zero-order valence-electron chi connectivity index (χ0n) is 16.3. The van der Waals surface area contributed by atoms with Crippen molar-refractivity contribution in [1.82, 2.24) is 19.9 Å². The Labute approximate surface area is 164 Å². The maximum Gasteiger partial charge on any atom is 0.276 e. The number of nitrogens with zero attached hydrogens (tertiary/aromatic N) is 5. The lowest BCUT2D eigenvalue weighted by Crippen LogP contribution is -2.48. The van der Waals surface area contributed by atoms with Crippen molar-refractivity contribution in [3.63, 3.8) is 0 Å². The van der Waals surface area contributed by atoms with Crippen LogP contribution in [0, 0.1) is 0 Å². The fourth-order valence-corrected chi connectivity index (χ4v) is 3.21. The van der Waals surface area contributed by atoms with Crippen LogP contribution < -0.4 is 4.90 Å². The van der Waals surface area contributed by atoms with Crippen molar-refractivity contribution in [3.8, 4) is 5.75 Å². The molecule has 28 heavy (non-hydrogen) atoms. The molecule has 1 fully saturated rings. The summed E-state index contributed by atoms with van der Waals surface area (Å²) in [6.45, 7) is 7.65. The number of phenolic OH excluding ortho intramolecular Hbond substituents is 1. The molecule has 1 saturated heterocycles. The van der Waals surface area contributed by atoms with Gasteiger partial charge in [0, 0.05) is 39.4 Å². The Morgan fingerprint density at radius 1 is 1.14 bits per heavy atom. The number of amides is 1. The third-order valence-corrected chi connectivity index (χ3v) is 4.59. The maximum absolute atomic E-state index is 12.7. The summed E-state index contributed by atoms with van der Waals surface area (Å²) >= 11 is 0. The molecule has 1 amide bonds. The van der Waals surface area contributed by atoms with Gasteiger partial charge in [-0.2, -0.15) is 0 Å². The normalized spacial score (nSPS) is 14.7. The summed E-state index contributed by atoms with van der Waals surface area (Å²) in [5.74, 6) is 0.107. The molecule has 9 heteroatoms. The zero-order chi connectivity index (χ0) is 19.9. The average molecular weight is 389 g/mol. The highest BCUT2D eigenvalue weighted by molar-refractivity contribution is 5.92. The quantitative estimate of drug-likeness (QED) is 0.681. The van der Waals surface area contributed by atoms with Crippen LogP contribution in [0.15, 0.2) is 30.5 Å². The van der Waals surface area contributed by atoms with Crippen LogP contribution in [0.3, 0.4) is 0 Å². The number of phenols is 1. The van der Waals surface area contributed by atoms with Gasteiger partial charge >= 0.3 is 0 Å². The average Bonchev–Trinajstić information content (AvgIpc) is 3.17. The Hall–Kier alpha value is -2.65. The van der Waals surface area contributed by atoms with Gasteiger partial charge in [0.25, 0.3) is 5.91 Å². The fraction of sp³-hybridized carbons (Fsp3) is 0.526. The Balaban J connectivity index is 1.57. The number of rotatable bonds is 8. The SMILES string of the molecule is CCOC(Cn1cc(C(=O)N2CCN(c3ccccc3O)CC2)nn1)OCC. The molecule has 0 saturated carbocycles. The first-order chi connectivity index (χ1) is 13.6. The summed E-state index contributed by atoms with van der Waals surface area (Å²) in [6, 6.07) is 7.24. The van der Waals surface area contributed by atoms with Gasteiger partial charge in [-0.15, -0.1) is 5.10 Å². The summed E-state index contributed by atoms with van der Waals surface area (Å²) in [5.41, 5.74) is 1.10. The molecule has 2 heterocycles. The molecule has 0 radical (unpaired) electrons. The largest absolute Gasteiger partial charge is 0.506 e. The van der Waals surface area contributed by atoms with E-state index >= 15 is 0 Å². The molecular weight excluding hydrogens is 362 g/mol. The molecule has 9 nitrogen and oxygen atoms in total. The van der Waals surface area contributed by atoms with Gasteiger partial charge in [0.15, 0.2) is 12.0 Å². The lowest BCUT2D eigenvalue weighted by atomic mass is 10.2. The molecule has 2 aromatic rings. The number of benzene rings is 1. The van der Waals surface area contributed by atoms with E-state index in [2.05, 4.69) is 15.2 Å². The van der Waals surface area contributed by atoms with Crippen LogP contribution >= 0.6 is 0 Å². The van der Waals surface area contributed by atoms with Crippen LogP contribution in [0.2, 0.25) is 0 Å². The van der Waals surface area contributed by atoms with Gasteiger partial charge in [-0.1, -0.05) is 17.3 Å². The number of ether oxygens (including phenoxy) is 2. The lowest BCUT2D eigenvalue weighted by Gasteiger charge is -2.35. The minimum Gasteiger partial charge on any atom is -0.506 e. The monoisotopic (exact) mass is 389 g/mol. The van der Waals surface area contributed by atoms with E-state index in [1.54, 1.807) is 27.9 Å². The summed E-state index contributed by atoms with van der Waals surface area (Å²) in [6.07, 6.45) is 1.21. The Kier molecular flexibility index (Phi) is 6.83. The van der Waals surface area contributed by atoms with E-state index in [-0.39, 0.29) is 11.7 Å². The Morgan fingerprint density at radius 2 is 1.82 bits per heavy atom. The van der Waals surface area contributed by atoms with E-state index in [0.717, 1.165) is 5.69 Å². The molecule has 0 bridgehead atoms. The molecule has 3 rings (SSSR count). The first kappa shape index (κ1) is 20.1. The molecular formula is C19H27N5O4. The number of aromatic hydroxyl groups is 1. The van der Waals surface area contributed by atoms with E-state index in [0.29, 0.717) is 51.6 Å². The van der Waals surface area contributed by atoms with E-state index in [1.807, 2.05) is 26.0 Å². The Bertz CT molecular complexity index is 767. The van der Waals surface area contributed by atoms with Crippen LogP contribution in [0.4, 0.5) is 5.69 Å². The molecule has 0 spiro atoms. The van der Waals surface area contributed by atoms with E-state index < -0.39 is 6.29 Å². The van der Waals surface area contributed by atoms with Gasteiger partial charge in [0.05, 0.1) is 18.4 Å². The second kappa shape index (κ2) is 9.52. The Morgan fingerprint density at radius 3 is 2.46 bits per heavy atom. The number of para-hydroxylation sites is 2. The minimum absolute atomic E-state index is 0.146. The smallest absolute Gasteiger partial charge is 0.276 e.